The summed E-state index contributed by atoms with van der Waals surface area (Å²) in [6, 6.07) is 9.91. The average Bonchev–Trinajstić information content (AvgIpc) is 3.39. The van der Waals surface area contributed by atoms with Gasteiger partial charge in [-0.2, -0.15) is 5.10 Å². The fourth-order valence-corrected chi connectivity index (χ4v) is 4.59. The summed E-state index contributed by atoms with van der Waals surface area (Å²) in [7, 11) is 1.92. The summed E-state index contributed by atoms with van der Waals surface area (Å²) in [4.78, 5) is 22.3. The predicted octanol–water partition coefficient (Wildman–Crippen LogP) is 2.75. The Bertz CT molecular complexity index is 1100. The molecule has 31 heavy (non-hydrogen) atoms. The third-order valence-electron chi connectivity index (χ3n) is 6.32. The number of carbonyl (C=O) groups excluding carboxylic acids is 1. The van der Waals surface area contributed by atoms with Crippen molar-refractivity contribution in [1.82, 2.24) is 14.8 Å². The minimum Gasteiger partial charge on any atom is -0.370 e. The number of carbonyl (C=O) groups is 1. The van der Waals surface area contributed by atoms with Crippen molar-refractivity contribution in [2.75, 3.05) is 41.3 Å². The highest BCUT2D eigenvalue weighted by Gasteiger charge is 2.22. The van der Waals surface area contributed by atoms with Gasteiger partial charge in [0.15, 0.2) is 0 Å². The van der Waals surface area contributed by atoms with Gasteiger partial charge in [-0.15, -0.1) is 0 Å². The topological polar surface area (TPSA) is 92.3 Å². The van der Waals surface area contributed by atoms with Crippen LogP contribution in [0.5, 0.6) is 0 Å². The number of piperidine rings is 1. The van der Waals surface area contributed by atoms with Crippen LogP contribution in [0.2, 0.25) is 0 Å². The molecule has 1 unspecified atom stereocenters. The van der Waals surface area contributed by atoms with Gasteiger partial charge in [0.05, 0.1) is 23.1 Å². The molecule has 0 saturated carbocycles. The number of anilines is 3. The first-order valence-corrected chi connectivity index (χ1v) is 11.1. The quantitative estimate of drug-likeness (QED) is 0.676. The van der Waals surface area contributed by atoms with Gasteiger partial charge < -0.3 is 20.9 Å². The molecule has 0 aliphatic carbocycles. The number of nitrogens with zero attached hydrogens (tertiary/aromatic N) is 5. The molecule has 2 saturated heterocycles. The zero-order chi connectivity index (χ0) is 21.4. The van der Waals surface area contributed by atoms with Gasteiger partial charge in [-0.25, -0.2) is 4.98 Å². The van der Waals surface area contributed by atoms with Gasteiger partial charge in [-0.05, 0) is 49.9 Å². The lowest BCUT2D eigenvalue weighted by molar-refractivity contribution is 0.102. The van der Waals surface area contributed by atoms with E-state index in [9.17, 15) is 4.79 Å². The van der Waals surface area contributed by atoms with Crippen LogP contribution in [0.15, 0.2) is 36.5 Å². The van der Waals surface area contributed by atoms with Crippen LogP contribution in [0.4, 0.5) is 17.2 Å². The maximum atomic E-state index is 13.2. The first-order valence-electron chi connectivity index (χ1n) is 11.1. The van der Waals surface area contributed by atoms with Gasteiger partial charge >= 0.3 is 0 Å². The van der Waals surface area contributed by atoms with E-state index >= 15 is 0 Å². The number of aromatic nitrogens is 3. The SMILES string of the molecule is Cn1ncc2cc(N3CCCCC3)c(NC(=O)c3cccc(N4CCC(N)C4)n3)cc21. The highest BCUT2D eigenvalue weighted by Crippen LogP contribution is 2.33. The summed E-state index contributed by atoms with van der Waals surface area (Å²) in [5, 5.41) is 8.59. The first-order chi connectivity index (χ1) is 15.1. The molecule has 8 heteroatoms. The fraction of sp³-hybridized carbons (Fsp3) is 0.435. The molecule has 1 aromatic carbocycles. The Morgan fingerprint density at radius 1 is 1.13 bits per heavy atom. The summed E-state index contributed by atoms with van der Waals surface area (Å²) in [6.07, 6.45) is 6.41. The van der Waals surface area contributed by atoms with Crippen LogP contribution in [0, 0.1) is 0 Å². The number of nitrogens with one attached hydrogen (secondary N) is 1. The monoisotopic (exact) mass is 419 g/mol. The molecule has 4 heterocycles. The molecule has 2 fully saturated rings. The molecule has 2 aliphatic heterocycles. The lowest BCUT2D eigenvalue weighted by Crippen LogP contribution is -2.30. The number of aryl methyl sites for hydroxylation is 1. The standard InChI is InChI=1S/C23H29N7O/c1-28-20-13-19(21(12-16(20)14-25-28)29-9-3-2-4-10-29)27-23(31)18-6-5-7-22(26-18)30-11-8-17(24)15-30/h5-7,12-14,17H,2-4,8-11,15,24H2,1H3,(H,27,31). The maximum absolute atomic E-state index is 13.2. The van der Waals surface area contributed by atoms with Gasteiger partial charge in [0.25, 0.3) is 5.91 Å². The second-order valence-electron chi connectivity index (χ2n) is 8.57. The van der Waals surface area contributed by atoms with Crippen molar-refractivity contribution >= 4 is 34.0 Å². The summed E-state index contributed by atoms with van der Waals surface area (Å²) < 4.78 is 1.83. The van der Waals surface area contributed by atoms with Crippen molar-refractivity contribution in [3.05, 3.63) is 42.2 Å². The lowest BCUT2D eigenvalue weighted by Gasteiger charge is -2.30. The van der Waals surface area contributed by atoms with Gasteiger partial charge in [0, 0.05) is 44.7 Å². The van der Waals surface area contributed by atoms with Crippen molar-refractivity contribution in [3.8, 4) is 0 Å². The third-order valence-corrected chi connectivity index (χ3v) is 6.32. The average molecular weight is 420 g/mol. The fourth-order valence-electron chi connectivity index (χ4n) is 4.59. The van der Waals surface area contributed by atoms with Crippen LogP contribution >= 0.6 is 0 Å². The first kappa shape index (κ1) is 19.8. The molecule has 2 aromatic heterocycles. The summed E-state index contributed by atoms with van der Waals surface area (Å²) >= 11 is 0. The van der Waals surface area contributed by atoms with Gasteiger partial charge in [0.2, 0.25) is 0 Å². The van der Waals surface area contributed by atoms with Crippen molar-refractivity contribution < 1.29 is 4.79 Å². The van der Waals surface area contributed by atoms with Crippen molar-refractivity contribution in [1.29, 1.82) is 0 Å². The van der Waals surface area contributed by atoms with Gasteiger partial charge in [-0.3, -0.25) is 9.48 Å². The Kier molecular flexibility index (Phi) is 5.23. The number of rotatable bonds is 4. The Balaban J connectivity index is 1.45. The molecule has 0 bridgehead atoms. The molecular weight excluding hydrogens is 390 g/mol. The molecule has 1 atom stereocenters. The Labute approximate surface area is 182 Å². The second kappa shape index (κ2) is 8.19. The Morgan fingerprint density at radius 2 is 1.97 bits per heavy atom. The van der Waals surface area contributed by atoms with Crippen LogP contribution in [0.1, 0.15) is 36.2 Å². The van der Waals surface area contributed by atoms with Gasteiger partial charge in [-0.1, -0.05) is 6.07 Å². The van der Waals surface area contributed by atoms with Gasteiger partial charge in [0.1, 0.15) is 11.5 Å². The van der Waals surface area contributed by atoms with Crippen LogP contribution < -0.4 is 20.9 Å². The summed E-state index contributed by atoms with van der Waals surface area (Å²) in [5.74, 6) is 0.601. The van der Waals surface area contributed by atoms with Crippen molar-refractivity contribution in [2.45, 2.75) is 31.7 Å². The molecule has 5 rings (SSSR count). The van der Waals surface area contributed by atoms with E-state index in [4.69, 9.17) is 5.73 Å². The molecule has 3 aromatic rings. The van der Waals surface area contributed by atoms with E-state index < -0.39 is 0 Å². The number of amides is 1. The Hall–Kier alpha value is -3.13. The second-order valence-corrected chi connectivity index (χ2v) is 8.57. The lowest BCUT2D eigenvalue weighted by atomic mass is 10.1. The van der Waals surface area contributed by atoms with E-state index in [1.54, 1.807) is 6.07 Å². The molecule has 3 N–H and O–H groups in total. The predicted molar refractivity (Wildman–Crippen MR) is 124 cm³/mol. The third kappa shape index (κ3) is 3.95. The molecule has 2 aliphatic rings. The van der Waals surface area contributed by atoms with E-state index in [1.165, 1.54) is 19.3 Å². The summed E-state index contributed by atoms with van der Waals surface area (Å²) in [5.41, 5.74) is 9.29. The molecule has 0 radical (unpaired) electrons. The molecule has 0 spiro atoms. The van der Waals surface area contributed by atoms with E-state index in [0.717, 1.165) is 60.7 Å². The highest BCUT2D eigenvalue weighted by atomic mass is 16.1. The highest BCUT2D eigenvalue weighted by molar-refractivity contribution is 6.06. The van der Waals surface area contributed by atoms with Crippen LogP contribution in [-0.2, 0) is 7.05 Å². The zero-order valence-corrected chi connectivity index (χ0v) is 17.9. The van der Waals surface area contributed by atoms with Crippen molar-refractivity contribution in [2.24, 2.45) is 12.8 Å². The number of nitrogens with two attached hydrogens (primary N) is 1. The minimum absolute atomic E-state index is 0.164. The van der Waals surface area contributed by atoms with Crippen LogP contribution in [0.25, 0.3) is 10.9 Å². The number of hydrogen-bond acceptors (Lipinski definition) is 6. The maximum Gasteiger partial charge on any atom is 0.274 e. The zero-order valence-electron chi connectivity index (χ0n) is 17.9. The number of benzene rings is 1. The largest absolute Gasteiger partial charge is 0.370 e. The molecular formula is C23H29N7O. The number of pyridine rings is 1. The molecule has 8 nitrogen and oxygen atoms in total. The number of fused-ring (bicyclic) bond motifs is 1. The Morgan fingerprint density at radius 3 is 2.74 bits per heavy atom. The molecule has 1 amide bonds. The van der Waals surface area contributed by atoms with Crippen LogP contribution in [0.3, 0.4) is 0 Å². The summed E-state index contributed by atoms with van der Waals surface area (Å²) in [6.45, 7) is 3.64. The van der Waals surface area contributed by atoms with Crippen molar-refractivity contribution in [3.63, 3.8) is 0 Å². The molecule has 162 valence electrons. The van der Waals surface area contributed by atoms with E-state index in [1.807, 2.05) is 36.1 Å². The van der Waals surface area contributed by atoms with E-state index in [-0.39, 0.29) is 11.9 Å². The number of hydrogen-bond donors (Lipinski definition) is 2. The van der Waals surface area contributed by atoms with E-state index in [0.29, 0.717) is 5.69 Å². The smallest absolute Gasteiger partial charge is 0.274 e. The normalized spacial score (nSPS) is 19.2. The van der Waals surface area contributed by atoms with E-state index in [2.05, 4.69) is 31.3 Å². The van der Waals surface area contributed by atoms with Crippen LogP contribution in [-0.4, -0.2) is 52.9 Å². The minimum atomic E-state index is -0.204.